The molecule has 0 aliphatic heterocycles. The molecule has 2 rings (SSSR count). The second-order valence-corrected chi connectivity index (χ2v) is 6.40. The molecule has 0 saturated heterocycles. The maximum Gasteiger partial charge on any atom is 0.307 e. The van der Waals surface area contributed by atoms with Crippen LogP contribution in [0.1, 0.15) is 42.9 Å². The van der Waals surface area contributed by atoms with Crippen molar-refractivity contribution in [3.05, 3.63) is 70.7 Å². The van der Waals surface area contributed by atoms with Crippen LogP contribution in [0.4, 0.5) is 0 Å². The Kier molecular flexibility index (Phi) is 7.02. The number of benzene rings is 2. The molecule has 0 heterocycles. The predicted octanol–water partition coefficient (Wildman–Crippen LogP) is 4.25. The van der Waals surface area contributed by atoms with Crippen molar-refractivity contribution < 1.29 is 14.3 Å². The number of ether oxygens (including phenoxy) is 1. The SMILES string of the molecule is COC(=O)CC(NC(=O)CC(C)c1ccccc1)c1ccc(Cl)cc1. The molecule has 0 aliphatic carbocycles. The maximum atomic E-state index is 12.5. The third-order valence-corrected chi connectivity index (χ3v) is 4.32. The van der Waals surface area contributed by atoms with Gasteiger partial charge in [-0.2, -0.15) is 0 Å². The van der Waals surface area contributed by atoms with Crippen molar-refractivity contribution in [2.24, 2.45) is 0 Å². The van der Waals surface area contributed by atoms with Gasteiger partial charge in [0.15, 0.2) is 0 Å². The van der Waals surface area contributed by atoms with Gasteiger partial charge in [-0.25, -0.2) is 0 Å². The van der Waals surface area contributed by atoms with E-state index in [0.717, 1.165) is 11.1 Å². The van der Waals surface area contributed by atoms with E-state index in [1.807, 2.05) is 37.3 Å². The highest BCUT2D eigenvalue weighted by Crippen LogP contribution is 2.22. The lowest BCUT2D eigenvalue weighted by Crippen LogP contribution is -2.31. The smallest absolute Gasteiger partial charge is 0.307 e. The highest BCUT2D eigenvalue weighted by Gasteiger charge is 2.20. The molecule has 0 aromatic heterocycles. The molecule has 0 saturated carbocycles. The van der Waals surface area contributed by atoms with Gasteiger partial charge in [-0.15, -0.1) is 0 Å². The minimum absolute atomic E-state index is 0.0730. The highest BCUT2D eigenvalue weighted by atomic mass is 35.5. The van der Waals surface area contributed by atoms with E-state index >= 15 is 0 Å². The van der Waals surface area contributed by atoms with Crippen LogP contribution in [0.15, 0.2) is 54.6 Å². The van der Waals surface area contributed by atoms with Gasteiger partial charge >= 0.3 is 5.97 Å². The summed E-state index contributed by atoms with van der Waals surface area (Å²) in [5.74, 6) is -0.401. The molecule has 2 unspecified atom stereocenters. The van der Waals surface area contributed by atoms with Gasteiger partial charge in [0, 0.05) is 11.4 Å². The lowest BCUT2D eigenvalue weighted by molar-refractivity contribution is -0.141. The molecule has 25 heavy (non-hydrogen) atoms. The first-order valence-electron chi connectivity index (χ1n) is 8.16. The van der Waals surface area contributed by atoms with E-state index in [1.165, 1.54) is 7.11 Å². The second kappa shape index (κ2) is 9.23. The van der Waals surface area contributed by atoms with Gasteiger partial charge in [-0.3, -0.25) is 9.59 Å². The van der Waals surface area contributed by atoms with Crippen LogP contribution in [0.2, 0.25) is 5.02 Å². The zero-order valence-electron chi connectivity index (χ0n) is 14.4. The van der Waals surface area contributed by atoms with Crippen LogP contribution in [0.5, 0.6) is 0 Å². The predicted molar refractivity (Wildman–Crippen MR) is 98.4 cm³/mol. The normalized spacial score (nSPS) is 12.9. The zero-order chi connectivity index (χ0) is 18.2. The zero-order valence-corrected chi connectivity index (χ0v) is 15.1. The first-order chi connectivity index (χ1) is 12.0. The van der Waals surface area contributed by atoms with Gasteiger partial charge in [-0.05, 0) is 29.2 Å². The molecule has 0 spiro atoms. The number of carbonyl (C=O) groups excluding carboxylic acids is 2. The fourth-order valence-corrected chi connectivity index (χ4v) is 2.75. The number of rotatable bonds is 7. The second-order valence-electron chi connectivity index (χ2n) is 5.97. The van der Waals surface area contributed by atoms with Gasteiger partial charge in [0.1, 0.15) is 0 Å². The largest absolute Gasteiger partial charge is 0.469 e. The number of carbonyl (C=O) groups is 2. The quantitative estimate of drug-likeness (QED) is 0.752. The van der Waals surface area contributed by atoms with Gasteiger partial charge in [0.05, 0.1) is 19.6 Å². The molecule has 2 atom stereocenters. The molecule has 0 radical (unpaired) electrons. The summed E-state index contributed by atoms with van der Waals surface area (Å²) in [5.41, 5.74) is 1.92. The molecule has 2 aromatic rings. The lowest BCUT2D eigenvalue weighted by Gasteiger charge is -2.20. The van der Waals surface area contributed by atoms with Gasteiger partial charge in [-0.1, -0.05) is 61.0 Å². The van der Waals surface area contributed by atoms with E-state index < -0.39 is 6.04 Å². The van der Waals surface area contributed by atoms with Crippen LogP contribution in [0.25, 0.3) is 0 Å². The van der Waals surface area contributed by atoms with Crippen molar-refractivity contribution in [1.29, 1.82) is 0 Å². The van der Waals surface area contributed by atoms with Crippen molar-refractivity contribution in [2.75, 3.05) is 7.11 Å². The lowest BCUT2D eigenvalue weighted by atomic mass is 9.97. The van der Waals surface area contributed by atoms with Crippen LogP contribution >= 0.6 is 11.6 Å². The standard InChI is InChI=1S/C20H22ClNO3/c1-14(15-6-4-3-5-7-15)12-19(23)22-18(13-20(24)25-2)16-8-10-17(21)11-9-16/h3-11,14,18H,12-13H2,1-2H3,(H,22,23). The van der Waals surface area contributed by atoms with E-state index in [0.29, 0.717) is 11.4 Å². The van der Waals surface area contributed by atoms with Crippen LogP contribution in [0, 0.1) is 0 Å². The van der Waals surface area contributed by atoms with Crippen molar-refractivity contribution in [2.45, 2.75) is 31.7 Å². The first-order valence-corrected chi connectivity index (χ1v) is 8.54. The molecule has 132 valence electrons. The number of amides is 1. The Morgan fingerprint density at radius 1 is 1.00 bits per heavy atom. The summed E-state index contributed by atoms with van der Waals surface area (Å²) < 4.78 is 4.74. The molecule has 4 nitrogen and oxygen atoms in total. The number of esters is 1. The summed E-state index contributed by atoms with van der Waals surface area (Å²) in [4.78, 5) is 24.1. The minimum Gasteiger partial charge on any atom is -0.469 e. The monoisotopic (exact) mass is 359 g/mol. The number of hydrogen-bond acceptors (Lipinski definition) is 3. The van der Waals surface area contributed by atoms with E-state index in [2.05, 4.69) is 5.32 Å². The Morgan fingerprint density at radius 2 is 1.64 bits per heavy atom. The Labute approximate surface area is 153 Å². The summed E-state index contributed by atoms with van der Waals surface area (Å²) in [6.07, 6.45) is 0.416. The Bertz CT molecular complexity index is 701. The highest BCUT2D eigenvalue weighted by molar-refractivity contribution is 6.30. The van der Waals surface area contributed by atoms with Crippen LogP contribution in [-0.2, 0) is 14.3 Å². The topological polar surface area (TPSA) is 55.4 Å². The van der Waals surface area contributed by atoms with Gasteiger partial charge in [0.2, 0.25) is 5.91 Å². The first kappa shape index (κ1) is 19.0. The molecular weight excluding hydrogens is 338 g/mol. The average Bonchev–Trinajstić information content (AvgIpc) is 2.62. The van der Waals surface area contributed by atoms with Crippen molar-refractivity contribution in [1.82, 2.24) is 5.32 Å². The van der Waals surface area contributed by atoms with E-state index in [1.54, 1.807) is 24.3 Å². The molecule has 0 bridgehead atoms. The van der Waals surface area contributed by atoms with Crippen molar-refractivity contribution in [3.8, 4) is 0 Å². The Morgan fingerprint density at radius 3 is 2.24 bits per heavy atom. The third-order valence-electron chi connectivity index (χ3n) is 4.07. The third kappa shape index (κ3) is 5.91. The molecule has 0 fully saturated rings. The summed E-state index contributed by atoms with van der Waals surface area (Å²) in [7, 11) is 1.33. The maximum absolute atomic E-state index is 12.5. The summed E-state index contributed by atoms with van der Waals surface area (Å²) in [6, 6.07) is 16.5. The minimum atomic E-state index is -0.444. The molecular formula is C20H22ClNO3. The number of methoxy groups -OCH3 is 1. The van der Waals surface area contributed by atoms with Crippen LogP contribution in [-0.4, -0.2) is 19.0 Å². The van der Waals surface area contributed by atoms with Crippen molar-refractivity contribution >= 4 is 23.5 Å². The molecule has 5 heteroatoms. The Hall–Kier alpha value is -2.33. The molecule has 1 N–H and O–H groups in total. The fraction of sp³-hybridized carbons (Fsp3) is 0.300. The van der Waals surface area contributed by atoms with Crippen molar-refractivity contribution in [3.63, 3.8) is 0 Å². The molecule has 1 amide bonds. The van der Waals surface area contributed by atoms with Gasteiger partial charge in [0.25, 0.3) is 0 Å². The molecule has 0 aliphatic rings. The Balaban J connectivity index is 2.06. The number of halogens is 1. The fourth-order valence-electron chi connectivity index (χ4n) is 2.63. The van der Waals surface area contributed by atoms with E-state index in [-0.39, 0.29) is 24.2 Å². The van der Waals surface area contributed by atoms with E-state index in [9.17, 15) is 9.59 Å². The average molecular weight is 360 g/mol. The number of hydrogen-bond donors (Lipinski definition) is 1. The van der Waals surface area contributed by atoms with Crippen LogP contribution in [0.3, 0.4) is 0 Å². The summed E-state index contributed by atoms with van der Waals surface area (Å²) in [6.45, 7) is 2.01. The summed E-state index contributed by atoms with van der Waals surface area (Å²) in [5, 5.41) is 3.54. The number of nitrogens with one attached hydrogen (secondary N) is 1. The summed E-state index contributed by atoms with van der Waals surface area (Å²) >= 11 is 5.91. The van der Waals surface area contributed by atoms with Gasteiger partial charge < -0.3 is 10.1 Å². The molecule has 2 aromatic carbocycles. The van der Waals surface area contributed by atoms with Crippen LogP contribution < -0.4 is 5.32 Å². The van der Waals surface area contributed by atoms with E-state index in [4.69, 9.17) is 16.3 Å².